The summed E-state index contributed by atoms with van der Waals surface area (Å²) in [5, 5.41) is 7.88. The minimum absolute atomic E-state index is 0.0117. The Bertz CT molecular complexity index is 3420. The van der Waals surface area contributed by atoms with E-state index in [0.29, 0.717) is 0 Å². The highest BCUT2D eigenvalue weighted by molar-refractivity contribution is 7.20. The summed E-state index contributed by atoms with van der Waals surface area (Å²) >= 11 is 0. The molecule has 0 fully saturated rings. The summed E-state index contributed by atoms with van der Waals surface area (Å²) in [6.45, 7) is -0.0117. The third-order valence-corrected chi connectivity index (χ3v) is 18.1. The largest absolute Gasteiger partial charge is 0.376 e. The Kier molecular flexibility index (Phi) is 9.32. The molecular formula is C60H43BN2Si. The molecule has 0 radical (unpaired) electrons. The molecular weight excluding hydrogens is 788 g/mol. The molecule has 1 aliphatic heterocycles. The Labute approximate surface area is 376 Å². The maximum atomic E-state index is 2.55. The van der Waals surface area contributed by atoms with Crippen LogP contribution in [0.25, 0.3) is 49.7 Å². The molecule has 10 aromatic carbocycles. The zero-order chi connectivity index (χ0) is 42.5. The summed E-state index contributed by atoms with van der Waals surface area (Å²) in [5.41, 5.74) is 13.4. The molecule has 0 atom stereocenters. The van der Waals surface area contributed by atoms with Crippen molar-refractivity contribution in [1.82, 2.24) is 4.57 Å². The molecule has 0 spiro atoms. The molecule has 1 aromatic heterocycles. The topological polar surface area (TPSA) is 8.17 Å². The molecule has 0 aliphatic carbocycles. The van der Waals surface area contributed by atoms with E-state index in [4.69, 9.17) is 0 Å². The van der Waals surface area contributed by atoms with Gasteiger partial charge in [0.15, 0.2) is 8.07 Å². The quantitative estimate of drug-likeness (QED) is 0.109. The fraction of sp³-hybridized carbons (Fsp3) is 0. The molecule has 0 N–H and O–H groups in total. The number of anilines is 2. The Morgan fingerprint density at radius 3 is 1.64 bits per heavy atom. The van der Waals surface area contributed by atoms with E-state index in [9.17, 15) is 0 Å². The average molecular weight is 831 g/mol. The standard InChI is InChI=1S/C60H43BN2Si/c1-5-21-44(22-6-1)45-23-19-32-51(41-45)64(49-28-9-3-10-29-49,50-30-11-4-12-31-50)52-39-40-56-55-35-14-17-37-58(55)62(60(56)43-52)47-26-20-27-48(42-47)63-59-38-18-15-34-54(59)53-33-13-16-36-57(53)61(63)46-24-7-2-8-25-46/h1-43H. The summed E-state index contributed by atoms with van der Waals surface area (Å²) < 4.78 is 2.51. The maximum absolute atomic E-state index is 2.93. The van der Waals surface area contributed by atoms with Crippen LogP contribution in [-0.4, -0.2) is 19.5 Å². The van der Waals surface area contributed by atoms with Gasteiger partial charge in [0.1, 0.15) is 0 Å². The predicted octanol–water partition coefficient (Wildman–Crippen LogP) is 10.8. The van der Waals surface area contributed by atoms with Gasteiger partial charge in [0.05, 0.1) is 11.0 Å². The summed E-state index contributed by atoms with van der Waals surface area (Å²) in [4.78, 5) is 2.55. The van der Waals surface area contributed by atoms with Crippen LogP contribution in [0.1, 0.15) is 0 Å². The first kappa shape index (κ1) is 37.8. The number of aromatic nitrogens is 1. The Morgan fingerprint density at radius 1 is 0.328 bits per heavy atom. The number of hydrogen-bond acceptors (Lipinski definition) is 1. The Balaban J connectivity index is 1.11. The maximum Gasteiger partial charge on any atom is 0.328 e. The number of fused-ring (bicyclic) bond motifs is 6. The van der Waals surface area contributed by atoms with Gasteiger partial charge in [-0.3, -0.25) is 0 Å². The van der Waals surface area contributed by atoms with Crippen molar-refractivity contribution in [1.29, 1.82) is 0 Å². The van der Waals surface area contributed by atoms with Crippen LogP contribution in [0.15, 0.2) is 261 Å². The summed E-state index contributed by atoms with van der Waals surface area (Å²) in [7, 11) is -2.93. The third kappa shape index (κ3) is 6.10. The normalized spacial score (nSPS) is 12.3. The van der Waals surface area contributed by atoms with Crippen molar-refractivity contribution in [2.75, 3.05) is 4.81 Å². The van der Waals surface area contributed by atoms with Crippen LogP contribution in [-0.2, 0) is 0 Å². The lowest BCUT2D eigenvalue weighted by Gasteiger charge is -2.39. The number of benzene rings is 10. The van der Waals surface area contributed by atoms with Crippen molar-refractivity contribution in [3.05, 3.63) is 261 Å². The molecule has 2 heterocycles. The van der Waals surface area contributed by atoms with Crippen LogP contribution in [0.5, 0.6) is 0 Å². The van der Waals surface area contributed by atoms with Gasteiger partial charge in [0.2, 0.25) is 0 Å². The molecule has 300 valence electrons. The first-order valence-corrected chi connectivity index (χ1v) is 24.2. The van der Waals surface area contributed by atoms with Gasteiger partial charge >= 0.3 is 6.85 Å². The van der Waals surface area contributed by atoms with Crippen molar-refractivity contribution in [2.24, 2.45) is 0 Å². The molecule has 64 heavy (non-hydrogen) atoms. The minimum Gasteiger partial charge on any atom is -0.376 e. The summed E-state index contributed by atoms with van der Waals surface area (Å²) in [5.74, 6) is 0. The lowest BCUT2D eigenvalue weighted by Crippen LogP contribution is -2.74. The first-order chi connectivity index (χ1) is 31.8. The first-order valence-electron chi connectivity index (χ1n) is 22.2. The lowest BCUT2D eigenvalue weighted by atomic mass is 9.46. The number of rotatable bonds is 8. The van der Waals surface area contributed by atoms with E-state index in [2.05, 4.69) is 270 Å². The van der Waals surface area contributed by atoms with E-state index < -0.39 is 8.07 Å². The van der Waals surface area contributed by atoms with Crippen molar-refractivity contribution >= 4 is 79.8 Å². The molecule has 4 heteroatoms. The Hall–Kier alpha value is -7.92. The van der Waals surface area contributed by atoms with E-state index in [1.807, 2.05) is 0 Å². The van der Waals surface area contributed by atoms with E-state index in [0.717, 1.165) is 11.4 Å². The summed E-state index contributed by atoms with van der Waals surface area (Å²) in [6.07, 6.45) is 0. The van der Waals surface area contributed by atoms with Gasteiger partial charge in [-0.2, -0.15) is 0 Å². The average Bonchev–Trinajstić information content (AvgIpc) is 3.71. The second kappa shape index (κ2) is 15.8. The van der Waals surface area contributed by atoms with Crippen LogP contribution >= 0.6 is 0 Å². The molecule has 0 saturated carbocycles. The second-order valence-electron chi connectivity index (χ2n) is 16.8. The van der Waals surface area contributed by atoms with E-state index in [-0.39, 0.29) is 6.85 Å². The van der Waals surface area contributed by atoms with Gasteiger partial charge < -0.3 is 9.38 Å². The minimum atomic E-state index is -2.93. The van der Waals surface area contributed by atoms with Crippen LogP contribution in [0.2, 0.25) is 0 Å². The van der Waals surface area contributed by atoms with Crippen molar-refractivity contribution in [3.63, 3.8) is 0 Å². The second-order valence-corrected chi connectivity index (χ2v) is 20.6. The molecule has 0 unspecified atom stereocenters. The van der Waals surface area contributed by atoms with Gasteiger partial charge in [0.25, 0.3) is 0 Å². The predicted molar refractivity (Wildman–Crippen MR) is 275 cm³/mol. The van der Waals surface area contributed by atoms with Crippen molar-refractivity contribution < 1.29 is 0 Å². The van der Waals surface area contributed by atoms with Gasteiger partial charge in [-0.1, -0.05) is 230 Å². The van der Waals surface area contributed by atoms with Crippen molar-refractivity contribution in [2.45, 2.75) is 0 Å². The summed E-state index contributed by atoms with van der Waals surface area (Å²) in [6, 6.07) is 97.0. The fourth-order valence-corrected chi connectivity index (χ4v) is 15.4. The third-order valence-electron chi connectivity index (χ3n) is 13.4. The fourth-order valence-electron chi connectivity index (χ4n) is 10.6. The number of hydrogen-bond donors (Lipinski definition) is 0. The lowest BCUT2D eigenvalue weighted by molar-refractivity contribution is 1.18. The molecule has 0 saturated heterocycles. The van der Waals surface area contributed by atoms with E-state index in [1.54, 1.807) is 0 Å². The van der Waals surface area contributed by atoms with Gasteiger partial charge in [-0.15, -0.1) is 0 Å². The highest BCUT2D eigenvalue weighted by Crippen LogP contribution is 2.41. The molecule has 11 aromatic rings. The van der Waals surface area contributed by atoms with Gasteiger partial charge in [-0.05, 0) is 79.3 Å². The van der Waals surface area contributed by atoms with E-state index in [1.165, 1.54) is 81.4 Å². The van der Waals surface area contributed by atoms with Crippen LogP contribution < -0.4 is 36.5 Å². The molecule has 0 bridgehead atoms. The Morgan fingerprint density at radius 2 is 0.875 bits per heavy atom. The van der Waals surface area contributed by atoms with Gasteiger partial charge in [-0.25, -0.2) is 0 Å². The monoisotopic (exact) mass is 830 g/mol. The van der Waals surface area contributed by atoms with Crippen LogP contribution in [0.4, 0.5) is 11.4 Å². The molecule has 0 amide bonds. The van der Waals surface area contributed by atoms with E-state index >= 15 is 0 Å². The van der Waals surface area contributed by atoms with Crippen LogP contribution in [0.3, 0.4) is 0 Å². The zero-order valence-electron chi connectivity index (χ0n) is 35.3. The number of nitrogens with zero attached hydrogens (tertiary/aromatic N) is 2. The highest BCUT2D eigenvalue weighted by Gasteiger charge is 2.42. The molecule has 1 aliphatic rings. The SMILES string of the molecule is c1ccc(B2c3ccccc3-c3ccccc3N2c2cccc(-n3c4ccccc4c4ccc([Si](c5ccccc5)(c5ccccc5)c5cccc(-c6ccccc6)c5)cc43)c2)cc1. The van der Waals surface area contributed by atoms with Crippen molar-refractivity contribution in [3.8, 4) is 27.9 Å². The molecule has 12 rings (SSSR count). The number of para-hydroxylation sites is 2. The molecule has 2 nitrogen and oxygen atoms in total. The van der Waals surface area contributed by atoms with Crippen LogP contribution in [0, 0.1) is 0 Å². The van der Waals surface area contributed by atoms with Gasteiger partial charge in [0, 0.05) is 33.4 Å². The smallest absolute Gasteiger partial charge is 0.328 e. The zero-order valence-corrected chi connectivity index (χ0v) is 36.3. The highest BCUT2D eigenvalue weighted by atomic mass is 28.3.